The standard InChI is InChI=1S/C10H10BrNO2/c1-13-8-4-3-7(5-6-12)9(11)10(8)14-2/h3-4H,5H2,1-2H3. The Balaban J connectivity index is 3.21. The van der Waals surface area contributed by atoms with Crippen LogP contribution in [0.25, 0.3) is 0 Å². The molecule has 0 N–H and O–H groups in total. The summed E-state index contributed by atoms with van der Waals surface area (Å²) in [5, 5.41) is 8.59. The lowest BCUT2D eigenvalue weighted by Gasteiger charge is -2.11. The average molecular weight is 256 g/mol. The van der Waals surface area contributed by atoms with E-state index in [4.69, 9.17) is 14.7 Å². The average Bonchev–Trinajstić information content (AvgIpc) is 2.21. The van der Waals surface area contributed by atoms with E-state index in [-0.39, 0.29) is 0 Å². The highest BCUT2D eigenvalue weighted by Gasteiger charge is 2.11. The topological polar surface area (TPSA) is 42.2 Å². The van der Waals surface area contributed by atoms with E-state index in [0.717, 1.165) is 10.0 Å². The van der Waals surface area contributed by atoms with Gasteiger partial charge in [0.25, 0.3) is 0 Å². The predicted molar refractivity (Wildman–Crippen MR) is 56.6 cm³/mol. The lowest BCUT2D eigenvalue weighted by Crippen LogP contribution is -1.94. The van der Waals surface area contributed by atoms with E-state index in [0.29, 0.717) is 17.9 Å². The van der Waals surface area contributed by atoms with Gasteiger partial charge in [0.05, 0.1) is 31.2 Å². The van der Waals surface area contributed by atoms with Gasteiger partial charge >= 0.3 is 0 Å². The Morgan fingerprint density at radius 2 is 2.07 bits per heavy atom. The predicted octanol–water partition coefficient (Wildman–Crippen LogP) is 2.53. The number of hydrogen-bond donors (Lipinski definition) is 0. The molecule has 0 unspecified atom stereocenters. The fourth-order valence-corrected chi connectivity index (χ4v) is 1.78. The van der Waals surface area contributed by atoms with Gasteiger partial charge in [-0.3, -0.25) is 0 Å². The van der Waals surface area contributed by atoms with E-state index in [2.05, 4.69) is 22.0 Å². The third kappa shape index (κ3) is 1.99. The molecule has 0 radical (unpaired) electrons. The number of ether oxygens (including phenoxy) is 2. The molecule has 1 aromatic carbocycles. The minimum Gasteiger partial charge on any atom is -0.493 e. The first-order valence-electron chi connectivity index (χ1n) is 4.01. The molecule has 0 amide bonds. The van der Waals surface area contributed by atoms with E-state index in [1.54, 1.807) is 20.3 Å². The SMILES string of the molecule is COc1ccc(CC#N)c(Br)c1OC. The van der Waals surface area contributed by atoms with Gasteiger partial charge in [-0.1, -0.05) is 6.07 Å². The summed E-state index contributed by atoms with van der Waals surface area (Å²) in [5.41, 5.74) is 0.894. The van der Waals surface area contributed by atoms with Gasteiger partial charge in [0, 0.05) is 0 Å². The molecule has 0 atom stereocenters. The Morgan fingerprint density at radius 1 is 1.36 bits per heavy atom. The van der Waals surface area contributed by atoms with Gasteiger partial charge in [-0.25, -0.2) is 0 Å². The van der Waals surface area contributed by atoms with Crippen LogP contribution in [0.1, 0.15) is 5.56 Å². The molecule has 0 aliphatic rings. The lowest BCUT2D eigenvalue weighted by molar-refractivity contribution is 0.352. The first kappa shape index (κ1) is 10.9. The molecule has 0 aliphatic heterocycles. The van der Waals surface area contributed by atoms with E-state index >= 15 is 0 Å². The second kappa shape index (κ2) is 4.87. The minimum atomic E-state index is 0.348. The van der Waals surface area contributed by atoms with Crippen molar-refractivity contribution in [2.24, 2.45) is 0 Å². The first-order chi connectivity index (χ1) is 6.74. The Kier molecular flexibility index (Phi) is 3.78. The summed E-state index contributed by atoms with van der Waals surface area (Å²) in [6.07, 6.45) is 0.348. The van der Waals surface area contributed by atoms with E-state index in [9.17, 15) is 0 Å². The van der Waals surface area contributed by atoms with Crippen molar-refractivity contribution in [3.8, 4) is 17.6 Å². The van der Waals surface area contributed by atoms with Gasteiger partial charge in [-0.2, -0.15) is 5.26 Å². The summed E-state index contributed by atoms with van der Waals surface area (Å²) in [5.74, 6) is 1.28. The molecule has 3 nitrogen and oxygen atoms in total. The van der Waals surface area contributed by atoms with Crippen molar-refractivity contribution in [3.63, 3.8) is 0 Å². The van der Waals surface area contributed by atoms with Crippen LogP contribution in [0.3, 0.4) is 0 Å². The fourth-order valence-electron chi connectivity index (χ4n) is 1.15. The third-order valence-corrected chi connectivity index (χ3v) is 2.70. The fraction of sp³-hybridized carbons (Fsp3) is 0.300. The Morgan fingerprint density at radius 3 is 2.57 bits per heavy atom. The number of hydrogen-bond acceptors (Lipinski definition) is 3. The third-order valence-electron chi connectivity index (χ3n) is 1.83. The molecule has 0 bridgehead atoms. The minimum absolute atomic E-state index is 0.348. The van der Waals surface area contributed by atoms with Gasteiger partial charge in [-0.15, -0.1) is 0 Å². The molecule has 0 spiro atoms. The smallest absolute Gasteiger partial charge is 0.175 e. The molecular formula is C10H10BrNO2. The van der Waals surface area contributed by atoms with Crippen LogP contribution in [0.5, 0.6) is 11.5 Å². The summed E-state index contributed by atoms with van der Waals surface area (Å²) >= 11 is 3.38. The van der Waals surface area contributed by atoms with Crippen LogP contribution >= 0.6 is 15.9 Å². The van der Waals surface area contributed by atoms with E-state index < -0.39 is 0 Å². The maximum atomic E-state index is 8.59. The molecular weight excluding hydrogens is 246 g/mol. The summed E-state index contributed by atoms with van der Waals surface area (Å²) in [6.45, 7) is 0. The highest BCUT2D eigenvalue weighted by molar-refractivity contribution is 9.10. The van der Waals surface area contributed by atoms with Crippen molar-refractivity contribution >= 4 is 15.9 Å². The number of rotatable bonds is 3. The van der Waals surface area contributed by atoms with Crippen molar-refractivity contribution < 1.29 is 9.47 Å². The number of halogens is 1. The van der Waals surface area contributed by atoms with Gasteiger partial charge in [0.15, 0.2) is 11.5 Å². The monoisotopic (exact) mass is 255 g/mol. The summed E-state index contributed by atoms with van der Waals surface area (Å²) in [7, 11) is 3.15. The second-order valence-electron chi connectivity index (χ2n) is 2.61. The Hall–Kier alpha value is -1.21. The van der Waals surface area contributed by atoms with Crippen molar-refractivity contribution in [3.05, 3.63) is 22.2 Å². The molecule has 1 aromatic rings. The van der Waals surface area contributed by atoms with E-state index in [1.165, 1.54) is 0 Å². The van der Waals surface area contributed by atoms with Crippen molar-refractivity contribution in [1.82, 2.24) is 0 Å². The number of methoxy groups -OCH3 is 2. The van der Waals surface area contributed by atoms with Crippen molar-refractivity contribution in [2.45, 2.75) is 6.42 Å². The molecule has 0 saturated heterocycles. The normalized spacial score (nSPS) is 9.29. The molecule has 0 saturated carbocycles. The largest absolute Gasteiger partial charge is 0.493 e. The van der Waals surface area contributed by atoms with Crippen LogP contribution in [-0.2, 0) is 6.42 Å². The lowest BCUT2D eigenvalue weighted by atomic mass is 10.1. The Labute approximate surface area is 91.4 Å². The van der Waals surface area contributed by atoms with Gasteiger partial charge in [-0.05, 0) is 27.6 Å². The number of benzene rings is 1. The maximum Gasteiger partial charge on any atom is 0.175 e. The van der Waals surface area contributed by atoms with Crippen molar-refractivity contribution in [2.75, 3.05) is 14.2 Å². The quantitative estimate of drug-likeness (QED) is 0.834. The van der Waals surface area contributed by atoms with Crippen LogP contribution in [-0.4, -0.2) is 14.2 Å². The van der Waals surface area contributed by atoms with Crippen LogP contribution in [0, 0.1) is 11.3 Å². The zero-order chi connectivity index (χ0) is 10.6. The summed E-state index contributed by atoms with van der Waals surface area (Å²) in [6, 6.07) is 5.72. The second-order valence-corrected chi connectivity index (χ2v) is 3.40. The zero-order valence-electron chi connectivity index (χ0n) is 8.00. The number of nitriles is 1. The molecule has 0 heterocycles. The van der Waals surface area contributed by atoms with Crippen LogP contribution in [0.15, 0.2) is 16.6 Å². The molecule has 74 valence electrons. The zero-order valence-corrected chi connectivity index (χ0v) is 9.59. The molecule has 0 aliphatic carbocycles. The van der Waals surface area contributed by atoms with Crippen LogP contribution in [0.4, 0.5) is 0 Å². The molecule has 1 rings (SSSR count). The van der Waals surface area contributed by atoms with E-state index in [1.807, 2.05) is 6.07 Å². The Bertz CT molecular complexity index is 371. The van der Waals surface area contributed by atoms with Crippen LogP contribution < -0.4 is 9.47 Å². The summed E-state index contributed by atoms with van der Waals surface area (Å²) < 4.78 is 11.1. The summed E-state index contributed by atoms with van der Waals surface area (Å²) in [4.78, 5) is 0. The van der Waals surface area contributed by atoms with Crippen molar-refractivity contribution in [1.29, 1.82) is 5.26 Å². The highest BCUT2D eigenvalue weighted by atomic mass is 79.9. The molecule has 14 heavy (non-hydrogen) atoms. The van der Waals surface area contributed by atoms with Gasteiger partial charge in [0.2, 0.25) is 0 Å². The molecule has 4 heteroatoms. The number of nitrogens with zero attached hydrogens (tertiary/aromatic N) is 1. The highest BCUT2D eigenvalue weighted by Crippen LogP contribution is 2.37. The first-order valence-corrected chi connectivity index (χ1v) is 4.80. The van der Waals surface area contributed by atoms with Gasteiger partial charge < -0.3 is 9.47 Å². The van der Waals surface area contributed by atoms with Gasteiger partial charge in [0.1, 0.15) is 0 Å². The molecule has 0 aromatic heterocycles. The van der Waals surface area contributed by atoms with Crippen LogP contribution in [0.2, 0.25) is 0 Å². The molecule has 0 fully saturated rings. The maximum absolute atomic E-state index is 8.59.